The van der Waals surface area contributed by atoms with Crippen LogP contribution in [0.25, 0.3) is 38.6 Å². The predicted octanol–water partition coefficient (Wildman–Crippen LogP) is 10.5. The van der Waals surface area contributed by atoms with Crippen molar-refractivity contribution in [3.63, 3.8) is 0 Å². The van der Waals surface area contributed by atoms with E-state index in [1.165, 1.54) is 44.2 Å². The quantitative estimate of drug-likeness (QED) is 0.172. The average Bonchev–Trinajstić information content (AvgIpc) is 3.74. The first-order valence-corrected chi connectivity index (χ1v) is 19.0. The molecule has 4 atom stereocenters. The minimum absolute atomic E-state index is 0.0294. The van der Waals surface area contributed by atoms with E-state index in [1.807, 2.05) is 0 Å². The maximum atomic E-state index is 7.10. The highest BCUT2D eigenvalue weighted by Gasteiger charge is 2.55. The predicted molar refractivity (Wildman–Crippen MR) is 222 cm³/mol. The fraction of sp³-hybridized carbons (Fsp3) is 0.102. The van der Waals surface area contributed by atoms with Crippen LogP contribution in [0.2, 0.25) is 5.31 Å². The van der Waals surface area contributed by atoms with E-state index in [-0.39, 0.29) is 18.9 Å². The van der Waals surface area contributed by atoms with Crippen molar-refractivity contribution >= 4 is 56.5 Å². The van der Waals surface area contributed by atoms with Gasteiger partial charge < -0.3 is 18.9 Å². The van der Waals surface area contributed by atoms with Crippen LogP contribution in [-0.2, 0) is 0 Å². The van der Waals surface area contributed by atoms with Gasteiger partial charge in [-0.2, -0.15) is 0 Å². The zero-order valence-electron chi connectivity index (χ0n) is 29.8. The summed E-state index contributed by atoms with van der Waals surface area (Å²) in [6.07, 6.45) is 15.9. The molecule has 6 aromatic carbocycles. The lowest BCUT2D eigenvalue weighted by Gasteiger charge is -2.48. The van der Waals surface area contributed by atoms with Crippen LogP contribution in [0.5, 0.6) is 17.2 Å². The molecule has 5 heteroatoms. The molecule has 3 aliphatic heterocycles. The van der Waals surface area contributed by atoms with E-state index in [0.29, 0.717) is 5.92 Å². The standard InChI is InChI=1S/C49H35BN2O2/c1-49-30-34(52-42-21-11-7-17-37(42)38-18-8-12-22-43(38)52)24-26-47(49)54-46-28-32(31-13-3-2-4-14-31)27-45-48(46)50(49)39-29-33(23-25-44(39)53-45)51-40-19-9-5-15-35(40)36-16-6-10-20-41(36)51/h2-30,35,40,47H,1H3. The third-order valence-electron chi connectivity index (χ3n) is 12.5. The van der Waals surface area contributed by atoms with Gasteiger partial charge in [-0.1, -0.05) is 122 Å². The molecule has 256 valence electrons. The molecule has 0 saturated heterocycles. The Morgan fingerprint density at radius 1 is 0.648 bits per heavy atom. The van der Waals surface area contributed by atoms with Crippen molar-refractivity contribution in [1.82, 2.24) is 4.57 Å². The van der Waals surface area contributed by atoms with Gasteiger partial charge >= 0.3 is 0 Å². The van der Waals surface area contributed by atoms with Crippen molar-refractivity contribution in [3.05, 3.63) is 182 Å². The molecule has 0 fully saturated rings. The van der Waals surface area contributed by atoms with E-state index in [2.05, 4.69) is 192 Å². The van der Waals surface area contributed by atoms with Crippen molar-refractivity contribution < 1.29 is 9.47 Å². The van der Waals surface area contributed by atoms with Gasteiger partial charge in [-0.25, -0.2) is 0 Å². The Hall–Kier alpha value is -6.46. The number of para-hydroxylation sites is 3. The molecule has 0 amide bonds. The van der Waals surface area contributed by atoms with E-state index in [4.69, 9.17) is 9.47 Å². The number of allylic oxidation sites excluding steroid dienone is 4. The monoisotopic (exact) mass is 694 g/mol. The minimum Gasteiger partial charge on any atom is -0.487 e. The Kier molecular flexibility index (Phi) is 6.14. The van der Waals surface area contributed by atoms with Gasteiger partial charge in [-0.3, -0.25) is 0 Å². The highest BCUT2D eigenvalue weighted by atomic mass is 16.5. The summed E-state index contributed by atoms with van der Waals surface area (Å²) in [7, 11) is 0. The number of nitrogens with zero attached hydrogens (tertiary/aromatic N) is 2. The Balaban J connectivity index is 1.08. The second-order valence-corrected chi connectivity index (χ2v) is 15.4. The molecule has 7 aromatic rings. The maximum Gasteiger partial charge on any atom is 0.238 e. The Morgan fingerprint density at radius 3 is 2.20 bits per heavy atom. The molecule has 4 nitrogen and oxygen atoms in total. The van der Waals surface area contributed by atoms with Gasteiger partial charge in [0.25, 0.3) is 0 Å². The van der Waals surface area contributed by atoms with Crippen molar-refractivity contribution in [1.29, 1.82) is 0 Å². The number of ether oxygens (including phenoxy) is 2. The first-order valence-electron chi connectivity index (χ1n) is 19.0. The summed E-state index contributed by atoms with van der Waals surface area (Å²) in [5.74, 6) is 2.97. The van der Waals surface area contributed by atoms with Crippen LogP contribution in [0.3, 0.4) is 0 Å². The van der Waals surface area contributed by atoms with Crippen LogP contribution in [0.4, 0.5) is 11.4 Å². The van der Waals surface area contributed by atoms with E-state index < -0.39 is 5.31 Å². The van der Waals surface area contributed by atoms with Crippen molar-refractivity contribution in [2.75, 3.05) is 4.90 Å². The average molecular weight is 695 g/mol. The van der Waals surface area contributed by atoms with Crippen molar-refractivity contribution in [2.24, 2.45) is 0 Å². The highest BCUT2D eigenvalue weighted by Crippen LogP contribution is 2.53. The zero-order valence-corrected chi connectivity index (χ0v) is 29.8. The zero-order chi connectivity index (χ0) is 35.5. The lowest BCUT2D eigenvalue weighted by Crippen LogP contribution is -2.61. The Morgan fingerprint density at radius 2 is 1.37 bits per heavy atom. The molecule has 4 unspecified atom stereocenters. The molecule has 0 bridgehead atoms. The molecule has 0 saturated carbocycles. The van der Waals surface area contributed by atoms with Crippen LogP contribution in [-0.4, -0.2) is 23.4 Å². The summed E-state index contributed by atoms with van der Waals surface area (Å²) in [6, 6.07) is 48.4. The van der Waals surface area contributed by atoms with E-state index in [9.17, 15) is 0 Å². The lowest BCUT2D eigenvalue weighted by atomic mass is 9.24. The number of hydrogen-bond acceptors (Lipinski definition) is 3. The SMILES string of the molecule is CC12C=C(n3c4ccccc4c4ccccc43)C=CC1Oc1cc(-c3ccccc3)cc3c1B2c1cc(N2c4ccccc4C4C=CC=CC42)ccc1O3. The molecule has 54 heavy (non-hydrogen) atoms. The number of anilines is 2. The first-order chi connectivity index (χ1) is 26.6. The third kappa shape index (κ3) is 4.10. The van der Waals surface area contributed by atoms with Crippen LogP contribution >= 0.6 is 0 Å². The van der Waals surface area contributed by atoms with E-state index in [0.717, 1.165) is 39.5 Å². The summed E-state index contributed by atoms with van der Waals surface area (Å²) in [4.78, 5) is 2.52. The van der Waals surface area contributed by atoms with Gasteiger partial charge in [0.1, 0.15) is 23.4 Å². The molecule has 0 spiro atoms. The van der Waals surface area contributed by atoms with Crippen molar-refractivity contribution in [3.8, 4) is 28.4 Å². The fourth-order valence-corrected chi connectivity index (χ4v) is 10.1. The summed E-state index contributed by atoms with van der Waals surface area (Å²) in [5.41, 5.74) is 11.9. The van der Waals surface area contributed by atoms with Gasteiger partial charge in [-0.05, 0) is 82.8 Å². The number of benzene rings is 6. The third-order valence-corrected chi connectivity index (χ3v) is 12.5. The maximum absolute atomic E-state index is 7.10. The molecule has 4 heterocycles. The second-order valence-electron chi connectivity index (χ2n) is 15.4. The first kappa shape index (κ1) is 30.1. The van der Waals surface area contributed by atoms with Gasteiger partial charge in [0.2, 0.25) is 6.71 Å². The Labute approximate surface area is 314 Å². The van der Waals surface area contributed by atoms with E-state index >= 15 is 0 Å². The van der Waals surface area contributed by atoms with Gasteiger partial charge in [0, 0.05) is 44.5 Å². The minimum atomic E-state index is -0.442. The van der Waals surface area contributed by atoms with Crippen LogP contribution in [0.15, 0.2) is 176 Å². The summed E-state index contributed by atoms with van der Waals surface area (Å²) < 4.78 is 16.5. The molecule has 5 aliphatic rings. The molecular formula is C49H35BN2O2. The van der Waals surface area contributed by atoms with E-state index in [1.54, 1.807) is 0 Å². The number of hydrogen-bond donors (Lipinski definition) is 0. The summed E-state index contributed by atoms with van der Waals surface area (Å²) in [6.45, 7) is 2.35. The van der Waals surface area contributed by atoms with Crippen LogP contribution < -0.4 is 25.3 Å². The number of fused-ring (bicyclic) bond motifs is 10. The van der Waals surface area contributed by atoms with Gasteiger partial charge in [-0.15, -0.1) is 0 Å². The van der Waals surface area contributed by atoms with Crippen LogP contribution in [0, 0.1) is 0 Å². The molecule has 2 aliphatic carbocycles. The van der Waals surface area contributed by atoms with Gasteiger partial charge in [0.05, 0.1) is 17.1 Å². The van der Waals surface area contributed by atoms with Crippen molar-refractivity contribution in [2.45, 2.75) is 30.3 Å². The normalized spacial score (nSPS) is 22.5. The topological polar surface area (TPSA) is 26.6 Å². The molecule has 1 aromatic heterocycles. The largest absolute Gasteiger partial charge is 0.487 e. The molecular weight excluding hydrogens is 659 g/mol. The fourth-order valence-electron chi connectivity index (χ4n) is 10.1. The van der Waals surface area contributed by atoms with Gasteiger partial charge in [0.15, 0.2) is 0 Å². The smallest absolute Gasteiger partial charge is 0.238 e. The highest BCUT2D eigenvalue weighted by molar-refractivity contribution is 6.90. The summed E-state index contributed by atoms with van der Waals surface area (Å²) in [5, 5.41) is 2.07. The molecule has 0 radical (unpaired) electrons. The summed E-state index contributed by atoms with van der Waals surface area (Å²) >= 11 is 0. The Bertz CT molecular complexity index is 2790. The van der Waals surface area contributed by atoms with Crippen LogP contribution in [0.1, 0.15) is 18.4 Å². The molecule has 0 N–H and O–H groups in total. The number of aromatic nitrogens is 1. The molecule has 12 rings (SSSR count). The second kappa shape index (κ2) is 11.0. The lowest BCUT2D eigenvalue weighted by molar-refractivity contribution is 0.210. The number of rotatable bonds is 3.